The van der Waals surface area contributed by atoms with Gasteiger partial charge in [-0.05, 0) is 37.1 Å². The van der Waals surface area contributed by atoms with Gasteiger partial charge in [0.25, 0.3) is 0 Å². The monoisotopic (exact) mass is 431 g/mol. The van der Waals surface area contributed by atoms with E-state index in [4.69, 9.17) is 5.21 Å². The van der Waals surface area contributed by atoms with Crippen LogP contribution in [0.25, 0.3) is 0 Å². The van der Waals surface area contributed by atoms with Crippen molar-refractivity contribution in [3.05, 3.63) is 54.5 Å². The highest BCUT2D eigenvalue weighted by atomic mass is 19.1. The van der Waals surface area contributed by atoms with Crippen molar-refractivity contribution in [1.82, 2.24) is 25.2 Å². The minimum absolute atomic E-state index is 0.0358. The average molecular weight is 431 g/mol. The maximum absolute atomic E-state index is 14.0. The van der Waals surface area contributed by atoms with Crippen LogP contribution in [0.15, 0.2) is 42.9 Å². The molecule has 11 heteroatoms. The summed E-state index contributed by atoms with van der Waals surface area (Å²) < 4.78 is 28.8. The molecule has 0 spiro atoms. The maximum atomic E-state index is 14.0. The van der Waals surface area contributed by atoms with Crippen molar-refractivity contribution in [3.63, 3.8) is 0 Å². The molecular formula is C20H23F2N7O2. The number of carbonyl (C=O) groups excluding carboxylic acids is 1. The summed E-state index contributed by atoms with van der Waals surface area (Å²) in [7, 11) is 0. The Labute approximate surface area is 177 Å². The van der Waals surface area contributed by atoms with Crippen molar-refractivity contribution in [2.45, 2.75) is 38.6 Å². The van der Waals surface area contributed by atoms with Crippen LogP contribution in [0.4, 0.5) is 31.9 Å². The first-order valence-electron chi connectivity index (χ1n) is 9.81. The first-order valence-corrected chi connectivity index (χ1v) is 9.81. The quantitative estimate of drug-likeness (QED) is 0.207. The zero-order valence-corrected chi connectivity index (χ0v) is 16.7. The van der Waals surface area contributed by atoms with Gasteiger partial charge in [-0.15, -0.1) is 0 Å². The number of anilines is 4. The van der Waals surface area contributed by atoms with E-state index in [1.807, 2.05) is 0 Å². The molecule has 3 aromatic rings. The smallest absolute Gasteiger partial charge is 0.243 e. The first-order chi connectivity index (χ1) is 15.0. The van der Waals surface area contributed by atoms with Crippen molar-refractivity contribution < 1.29 is 18.8 Å². The zero-order valence-electron chi connectivity index (χ0n) is 16.7. The van der Waals surface area contributed by atoms with Crippen molar-refractivity contribution in [1.29, 1.82) is 0 Å². The van der Waals surface area contributed by atoms with Crippen molar-refractivity contribution in [3.8, 4) is 0 Å². The Balaban J connectivity index is 1.49. The van der Waals surface area contributed by atoms with Gasteiger partial charge in [0, 0.05) is 24.8 Å². The summed E-state index contributed by atoms with van der Waals surface area (Å²) in [6, 6.07) is 5.49. The molecule has 9 nitrogen and oxygen atoms in total. The van der Waals surface area contributed by atoms with Gasteiger partial charge in [0.15, 0.2) is 11.6 Å². The number of hydrogen-bond donors (Lipinski definition) is 4. The molecule has 1 amide bonds. The number of rotatable bonds is 11. The van der Waals surface area contributed by atoms with Gasteiger partial charge < -0.3 is 10.6 Å². The number of benzene rings is 1. The van der Waals surface area contributed by atoms with Crippen LogP contribution in [0.1, 0.15) is 32.1 Å². The number of halogens is 2. The molecule has 1 aromatic carbocycles. The number of carbonyl (C=O) groups is 1. The van der Waals surface area contributed by atoms with Crippen LogP contribution in [0, 0.1) is 11.6 Å². The van der Waals surface area contributed by atoms with E-state index in [-0.39, 0.29) is 23.5 Å². The molecule has 0 atom stereocenters. The predicted molar refractivity (Wildman–Crippen MR) is 110 cm³/mol. The van der Waals surface area contributed by atoms with Crippen molar-refractivity contribution in [2.24, 2.45) is 0 Å². The van der Waals surface area contributed by atoms with Gasteiger partial charge in [0.2, 0.25) is 11.9 Å². The summed E-state index contributed by atoms with van der Waals surface area (Å²) in [6.07, 6.45) is 8.18. The molecular weight excluding hydrogens is 408 g/mol. The molecule has 0 unspecified atom stereocenters. The SMILES string of the molecule is O=C(CCCCCCn1cc(Nc2ncc(F)c(Nc3ccc(F)cc3)n2)cn1)NO. The lowest BCUT2D eigenvalue weighted by atomic mass is 10.1. The standard InChI is InChI=1S/C20H23F2N7O2/c21-14-6-8-15(9-7-14)25-19-17(22)12-23-20(27-19)26-16-11-24-29(13-16)10-4-2-1-3-5-18(30)28-31/h6-9,11-13,31H,1-5,10H2,(H,28,30)(H2,23,25,26,27). The van der Waals surface area contributed by atoms with Crippen LogP contribution in [-0.4, -0.2) is 30.9 Å². The fourth-order valence-corrected chi connectivity index (χ4v) is 2.83. The Bertz CT molecular complexity index is 995. The lowest BCUT2D eigenvalue weighted by Crippen LogP contribution is -2.17. The predicted octanol–water partition coefficient (Wildman–Crippen LogP) is 3.89. The van der Waals surface area contributed by atoms with Crippen LogP contribution in [0.5, 0.6) is 0 Å². The molecule has 0 bridgehead atoms. The van der Waals surface area contributed by atoms with E-state index in [9.17, 15) is 13.6 Å². The molecule has 0 aliphatic rings. The number of amides is 1. The molecule has 2 aromatic heterocycles. The molecule has 0 radical (unpaired) electrons. The number of aryl methyl sites for hydroxylation is 1. The van der Waals surface area contributed by atoms with Gasteiger partial charge in [-0.1, -0.05) is 12.8 Å². The van der Waals surface area contributed by atoms with E-state index in [2.05, 4.69) is 25.7 Å². The Kier molecular flexibility index (Phi) is 7.82. The Morgan fingerprint density at radius 2 is 1.77 bits per heavy atom. The molecule has 0 fully saturated rings. The summed E-state index contributed by atoms with van der Waals surface area (Å²) in [4.78, 5) is 19.0. The Morgan fingerprint density at radius 3 is 2.55 bits per heavy atom. The number of nitrogens with zero attached hydrogens (tertiary/aromatic N) is 4. The molecule has 0 saturated heterocycles. The summed E-state index contributed by atoms with van der Waals surface area (Å²) in [6.45, 7) is 0.704. The minimum Gasteiger partial charge on any atom is -0.338 e. The summed E-state index contributed by atoms with van der Waals surface area (Å²) in [5, 5.41) is 18.5. The number of aromatic nitrogens is 4. The largest absolute Gasteiger partial charge is 0.338 e. The van der Waals surface area contributed by atoms with Crippen molar-refractivity contribution in [2.75, 3.05) is 10.6 Å². The van der Waals surface area contributed by atoms with E-state index >= 15 is 0 Å². The molecule has 0 aliphatic heterocycles. The van der Waals surface area contributed by atoms with Gasteiger partial charge >= 0.3 is 0 Å². The van der Waals surface area contributed by atoms with E-state index in [0.717, 1.165) is 25.5 Å². The fourth-order valence-electron chi connectivity index (χ4n) is 2.83. The first kappa shape index (κ1) is 22.1. The maximum Gasteiger partial charge on any atom is 0.243 e. The van der Waals surface area contributed by atoms with Gasteiger partial charge in [0.05, 0.1) is 18.1 Å². The van der Waals surface area contributed by atoms with Gasteiger partial charge in [-0.25, -0.2) is 19.2 Å². The van der Waals surface area contributed by atoms with Gasteiger partial charge in [0.1, 0.15) is 5.82 Å². The average Bonchev–Trinajstić information content (AvgIpc) is 3.21. The number of nitrogens with one attached hydrogen (secondary N) is 3. The van der Waals surface area contributed by atoms with Crippen LogP contribution >= 0.6 is 0 Å². The lowest BCUT2D eigenvalue weighted by molar-refractivity contribution is -0.129. The third-order valence-electron chi connectivity index (χ3n) is 4.41. The number of hydroxylamine groups is 1. The van der Waals surface area contributed by atoms with E-state index in [1.165, 1.54) is 24.3 Å². The van der Waals surface area contributed by atoms with E-state index < -0.39 is 5.82 Å². The summed E-state index contributed by atoms with van der Waals surface area (Å²) in [5.41, 5.74) is 2.76. The molecule has 2 heterocycles. The second-order valence-electron chi connectivity index (χ2n) is 6.84. The lowest BCUT2D eigenvalue weighted by Gasteiger charge is -2.08. The van der Waals surface area contributed by atoms with Crippen molar-refractivity contribution >= 4 is 29.0 Å². The number of hydrogen-bond acceptors (Lipinski definition) is 7. The molecule has 0 saturated carbocycles. The van der Waals surface area contributed by atoms with E-state index in [0.29, 0.717) is 30.8 Å². The number of unbranched alkanes of at least 4 members (excludes halogenated alkanes) is 3. The molecule has 3 rings (SSSR count). The Morgan fingerprint density at radius 1 is 1.00 bits per heavy atom. The molecule has 0 aliphatic carbocycles. The third-order valence-corrected chi connectivity index (χ3v) is 4.41. The van der Waals surface area contributed by atoms with Crippen LogP contribution in [0.3, 0.4) is 0 Å². The van der Waals surface area contributed by atoms with Gasteiger partial charge in [-0.2, -0.15) is 10.1 Å². The van der Waals surface area contributed by atoms with Crippen LogP contribution in [-0.2, 0) is 11.3 Å². The second kappa shape index (κ2) is 11.0. The zero-order chi connectivity index (χ0) is 22.1. The molecule has 31 heavy (non-hydrogen) atoms. The molecule has 164 valence electrons. The fraction of sp³-hybridized carbons (Fsp3) is 0.300. The Hall–Kier alpha value is -3.60. The summed E-state index contributed by atoms with van der Waals surface area (Å²) in [5.74, 6) is -1.25. The highest BCUT2D eigenvalue weighted by Gasteiger charge is 2.09. The summed E-state index contributed by atoms with van der Waals surface area (Å²) >= 11 is 0. The minimum atomic E-state index is -0.637. The highest BCUT2D eigenvalue weighted by Crippen LogP contribution is 2.20. The third kappa shape index (κ3) is 7.00. The molecule has 4 N–H and O–H groups in total. The van der Waals surface area contributed by atoms with E-state index in [1.54, 1.807) is 22.6 Å². The van der Waals surface area contributed by atoms with Gasteiger partial charge in [-0.3, -0.25) is 14.7 Å². The van der Waals surface area contributed by atoms with Crippen LogP contribution < -0.4 is 16.1 Å². The highest BCUT2D eigenvalue weighted by molar-refractivity contribution is 5.74. The normalized spacial score (nSPS) is 10.7. The topological polar surface area (TPSA) is 117 Å². The van der Waals surface area contributed by atoms with Crippen LogP contribution in [0.2, 0.25) is 0 Å². The second-order valence-corrected chi connectivity index (χ2v) is 6.84.